The molecule has 1 heteroatoms. The average Bonchev–Trinajstić information content (AvgIpc) is 2.02. The summed E-state index contributed by atoms with van der Waals surface area (Å²) in [5, 5.41) is 0. The highest BCUT2D eigenvalue weighted by molar-refractivity contribution is 4.81. The van der Waals surface area contributed by atoms with E-state index in [-0.39, 0.29) is 5.54 Å². The van der Waals surface area contributed by atoms with Crippen molar-refractivity contribution in [2.45, 2.75) is 65.3 Å². The van der Waals surface area contributed by atoms with Crippen LogP contribution in [-0.4, -0.2) is 5.54 Å². The summed E-state index contributed by atoms with van der Waals surface area (Å²) in [6, 6.07) is 0. The minimum atomic E-state index is 0.0370. The van der Waals surface area contributed by atoms with Crippen molar-refractivity contribution in [3.05, 3.63) is 0 Å². The van der Waals surface area contributed by atoms with Crippen LogP contribution in [0.5, 0.6) is 0 Å². The van der Waals surface area contributed by atoms with Crippen LogP contribution in [0.1, 0.15) is 59.8 Å². The van der Waals surface area contributed by atoms with Gasteiger partial charge in [0, 0.05) is 5.54 Å². The summed E-state index contributed by atoms with van der Waals surface area (Å²) in [4.78, 5) is 0. The van der Waals surface area contributed by atoms with E-state index in [1.807, 2.05) is 0 Å². The summed E-state index contributed by atoms with van der Waals surface area (Å²) in [5.74, 6) is 2.75. The Balaban J connectivity index is 2.29. The fourth-order valence-electron chi connectivity index (χ4n) is 2.80. The molecule has 1 rings (SSSR count). The highest BCUT2D eigenvalue weighted by Crippen LogP contribution is 2.36. The van der Waals surface area contributed by atoms with Crippen LogP contribution >= 0.6 is 0 Å². The Morgan fingerprint density at radius 2 is 1.64 bits per heavy atom. The van der Waals surface area contributed by atoms with Crippen LogP contribution in [0.15, 0.2) is 0 Å². The molecular weight excluding hydrogens is 170 g/mol. The van der Waals surface area contributed by atoms with Crippen LogP contribution < -0.4 is 5.73 Å². The van der Waals surface area contributed by atoms with E-state index in [0.29, 0.717) is 0 Å². The standard InChI is InChI=1S/C13H27N/c1-10(2)12-7-5-11(6-8-12)9-13(3,4)14/h10-12H,5-9,14H2,1-4H3. The molecule has 2 N–H and O–H groups in total. The normalized spacial score (nSPS) is 29.6. The molecule has 1 aliphatic rings. The summed E-state index contributed by atoms with van der Waals surface area (Å²) >= 11 is 0. The molecule has 0 aromatic rings. The molecule has 1 saturated carbocycles. The van der Waals surface area contributed by atoms with Gasteiger partial charge in [0.25, 0.3) is 0 Å². The van der Waals surface area contributed by atoms with Crippen LogP contribution in [-0.2, 0) is 0 Å². The van der Waals surface area contributed by atoms with Gasteiger partial charge in [0.05, 0.1) is 0 Å². The van der Waals surface area contributed by atoms with Crippen LogP contribution in [0.4, 0.5) is 0 Å². The third-order valence-corrected chi connectivity index (χ3v) is 3.65. The third-order valence-electron chi connectivity index (χ3n) is 3.65. The second-order valence-electron chi connectivity index (χ2n) is 6.22. The lowest BCUT2D eigenvalue weighted by Gasteiger charge is -2.34. The van der Waals surface area contributed by atoms with Crippen molar-refractivity contribution >= 4 is 0 Å². The molecule has 1 fully saturated rings. The Morgan fingerprint density at radius 3 is 2.00 bits per heavy atom. The van der Waals surface area contributed by atoms with Gasteiger partial charge in [0.1, 0.15) is 0 Å². The number of nitrogens with two attached hydrogens (primary N) is 1. The zero-order chi connectivity index (χ0) is 10.8. The van der Waals surface area contributed by atoms with E-state index in [1.165, 1.54) is 32.1 Å². The lowest BCUT2D eigenvalue weighted by Crippen LogP contribution is -2.35. The molecule has 0 amide bonds. The Kier molecular flexibility index (Phi) is 4.00. The summed E-state index contributed by atoms with van der Waals surface area (Å²) in [7, 11) is 0. The molecule has 0 radical (unpaired) electrons. The van der Waals surface area contributed by atoms with E-state index in [2.05, 4.69) is 27.7 Å². The number of rotatable bonds is 3. The van der Waals surface area contributed by atoms with Gasteiger partial charge in [-0.2, -0.15) is 0 Å². The summed E-state index contributed by atoms with van der Waals surface area (Å²) < 4.78 is 0. The lowest BCUT2D eigenvalue weighted by atomic mass is 9.74. The van der Waals surface area contributed by atoms with Crippen molar-refractivity contribution in [1.29, 1.82) is 0 Å². The Hall–Kier alpha value is -0.0400. The Labute approximate surface area is 89.5 Å². The van der Waals surface area contributed by atoms with Gasteiger partial charge in [-0.05, 0) is 50.9 Å². The molecular formula is C13H27N. The minimum Gasteiger partial charge on any atom is -0.326 e. The number of hydrogen-bond donors (Lipinski definition) is 1. The first kappa shape index (κ1) is 12.0. The van der Waals surface area contributed by atoms with Crippen molar-refractivity contribution in [3.8, 4) is 0 Å². The molecule has 0 aromatic heterocycles. The molecule has 0 unspecified atom stereocenters. The quantitative estimate of drug-likeness (QED) is 0.735. The van der Waals surface area contributed by atoms with E-state index < -0.39 is 0 Å². The molecule has 1 aliphatic carbocycles. The van der Waals surface area contributed by atoms with Gasteiger partial charge in [-0.15, -0.1) is 0 Å². The van der Waals surface area contributed by atoms with E-state index in [4.69, 9.17) is 5.73 Å². The monoisotopic (exact) mass is 197 g/mol. The van der Waals surface area contributed by atoms with Gasteiger partial charge in [-0.1, -0.05) is 26.7 Å². The zero-order valence-electron chi connectivity index (χ0n) is 10.3. The molecule has 0 aliphatic heterocycles. The largest absolute Gasteiger partial charge is 0.326 e. The van der Waals surface area contributed by atoms with E-state index in [0.717, 1.165) is 17.8 Å². The second-order valence-corrected chi connectivity index (χ2v) is 6.22. The third kappa shape index (κ3) is 4.00. The van der Waals surface area contributed by atoms with E-state index in [9.17, 15) is 0 Å². The molecule has 0 bridgehead atoms. The minimum absolute atomic E-state index is 0.0370. The number of hydrogen-bond acceptors (Lipinski definition) is 1. The van der Waals surface area contributed by atoms with Crippen LogP contribution in [0, 0.1) is 17.8 Å². The maximum atomic E-state index is 6.06. The average molecular weight is 197 g/mol. The highest BCUT2D eigenvalue weighted by Gasteiger charge is 2.26. The van der Waals surface area contributed by atoms with Gasteiger partial charge in [-0.3, -0.25) is 0 Å². The maximum Gasteiger partial charge on any atom is 0.00996 e. The summed E-state index contributed by atoms with van der Waals surface area (Å²) in [6.45, 7) is 9.03. The molecule has 0 aromatic carbocycles. The predicted molar refractivity (Wildman–Crippen MR) is 63.2 cm³/mol. The van der Waals surface area contributed by atoms with Crippen molar-refractivity contribution in [1.82, 2.24) is 0 Å². The van der Waals surface area contributed by atoms with Crippen molar-refractivity contribution < 1.29 is 0 Å². The van der Waals surface area contributed by atoms with Crippen molar-refractivity contribution in [2.24, 2.45) is 23.5 Å². The topological polar surface area (TPSA) is 26.0 Å². The van der Waals surface area contributed by atoms with Crippen LogP contribution in [0.25, 0.3) is 0 Å². The molecule has 0 spiro atoms. The second kappa shape index (κ2) is 4.65. The molecule has 0 saturated heterocycles. The van der Waals surface area contributed by atoms with Crippen LogP contribution in [0.2, 0.25) is 0 Å². The van der Waals surface area contributed by atoms with E-state index >= 15 is 0 Å². The molecule has 0 atom stereocenters. The SMILES string of the molecule is CC(C)C1CCC(CC(C)(C)N)CC1. The Morgan fingerprint density at radius 1 is 1.14 bits per heavy atom. The molecule has 1 nitrogen and oxygen atoms in total. The smallest absolute Gasteiger partial charge is 0.00996 e. The Bertz CT molecular complexity index is 159. The maximum absolute atomic E-state index is 6.06. The first-order valence-electron chi connectivity index (χ1n) is 6.17. The molecule has 14 heavy (non-hydrogen) atoms. The zero-order valence-corrected chi connectivity index (χ0v) is 10.3. The first-order valence-corrected chi connectivity index (χ1v) is 6.17. The fourth-order valence-corrected chi connectivity index (χ4v) is 2.80. The predicted octanol–water partition coefficient (Wildman–Crippen LogP) is 3.58. The molecule has 0 heterocycles. The van der Waals surface area contributed by atoms with E-state index in [1.54, 1.807) is 0 Å². The highest BCUT2D eigenvalue weighted by atomic mass is 14.7. The van der Waals surface area contributed by atoms with Gasteiger partial charge >= 0.3 is 0 Å². The van der Waals surface area contributed by atoms with Gasteiger partial charge in [0.15, 0.2) is 0 Å². The van der Waals surface area contributed by atoms with Crippen molar-refractivity contribution in [2.75, 3.05) is 0 Å². The lowest BCUT2D eigenvalue weighted by molar-refractivity contribution is 0.197. The van der Waals surface area contributed by atoms with Crippen LogP contribution in [0.3, 0.4) is 0 Å². The fraction of sp³-hybridized carbons (Fsp3) is 1.00. The van der Waals surface area contributed by atoms with Gasteiger partial charge < -0.3 is 5.73 Å². The summed E-state index contributed by atoms with van der Waals surface area (Å²) in [5.41, 5.74) is 6.10. The van der Waals surface area contributed by atoms with Gasteiger partial charge in [0.2, 0.25) is 0 Å². The first-order chi connectivity index (χ1) is 6.38. The van der Waals surface area contributed by atoms with Crippen molar-refractivity contribution in [3.63, 3.8) is 0 Å². The van der Waals surface area contributed by atoms with Gasteiger partial charge in [-0.25, -0.2) is 0 Å². The molecule has 84 valence electrons. The summed E-state index contributed by atoms with van der Waals surface area (Å²) in [6.07, 6.45) is 6.88.